The predicted molar refractivity (Wildman–Crippen MR) is 135 cm³/mol. The molecule has 0 radical (unpaired) electrons. The Labute approximate surface area is 199 Å². The summed E-state index contributed by atoms with van der Waals surface area (Å²) in [6, 6.07) is 27.0. The summed E-state index contributed by atoms with van der Waals surface area (Å²) in [5.74, 6) is 0.745. The Morgan fingerprint density at radius 1 is 0.941 bits per heavy atom. The molecule has 0 saturated carbocycles. The summed E-state index contributed by atoms with van der Waals surface area (Å²) in [6.07, 6.45) is 0.694. The van der Waals surface area contributed by atoms with Gasteiger partial charge in [-0.3, -0.25) is 4.79 Å². The van der Waals surface area contributed by atoms with Gasteiger partial charge in [-0.25, -0.2) is 4.79 Å². The average molecular weight is 456 g/mol. The molecular weight excluding hydrogens is 426 g/mol. The van der Waals surface area contributed by atoms with Crippen molar-refractivity contribution >= 4 is 16.9 Å². The van der Waals surface area contributed by atoms with Crippen LogP contribution in [-0.2, 0) is 19.5 Å². The summed E-state index contributed by atoms with van der Waals surface area (Å²) < 4.78 is 5.60. The molecule has 0 unspecified atom stereocenters. The molecule has 0 fully saturated rings. The van der Waals surface area contributed by atoms with Crippen LogP contribution in [0.2, 0.25) is 0 Å². The maximum atomic E-state index is 13.1. The first-order chi connectivity index (χ1) is 16.6. The molecule has 0 aliphatic heterocycles. The van der Waals surface area contributed by atoms with Crippen molar-refractivity contribution < 1.29 is 9.53 Å². The van der Waals surface area contributed by atoms with E-state index in [0.717, 1.165) is 27.8 Å². The molecule has 0 aliphatic carbocycles. The highest BCUT2D eigenvalue weighted by molar-refractivity contribution is 5.81. The van der Waals surface area contributed by atoms with Gasteiger partial charge in [0.2, 0.25) is 0 Å². The molecule has 1 heterocycles. The molecule has 3 aromatic carbocycles. The van der Waals surface area contributed by atoms with Gasteiger partial charge in [-0.15, -0.1) is 0 Å². The van der Waals surface area contributed by atoms with E-state index in [-0.39, 0.29) is 18.1 Å². The lowest BCUT2D eigenvalue weighted by Gasteiger charge is -2.23. The second-order valence-electron chi connectivity index (χ2n) is 8.11. The highest BCUT2D eigenvalue weighted by atomic mass is 16.5. The van der Waals surface area contributed by atoms with Crippen molar-refractivity contribution in [1.82, 2.24) is 15.2 Å². The number of nitrogens with one attached hydrogen (secondary N) is 2. The van der Waals surface area contributed by atoms with Crippen LogP contribution in [0.4, 0.5) is 4.79 Å². The van der Waals surface area contributed by atoms with Gasteiger partial charge in [-0.05, 0) is 48.7 Å². The maximum absolute atomic E-state index is 13.1. The Morgan fingerprint density at radius 2 is 1.65 bits per heavy atom. The monoisotopic (exact) mass is 455 g/mol. The molecule has 0 atom stereocenters. The first kappa shape index (κ1) is 23.1. The molecular formula is C28H29N3O3. The summed E-state index contributed by atoms with van der Waals surface area (Å²) >= 11 is 0. The number of nitrogens with zero attached hydrogens (tertiary/aromatic N) is 1. The van der Waals surface area contributed by atoms with Gasteiger partial charge in [0.05, 0.1) is 13.2 Å². The molecule has 2 N–H and O–H groups in total. The van der Waals surface area contributed by atoms with Gasteiger partial charge in [0.15, 0.2) is 0 Å². The van der Waals surface area contributed by atoms with Crippen molar-refractivity contribution in [2.45, 2.75) is 26.4 Å². The minimum atomic E-state index is -0.206. The Kier molecular flexibility index (Phi) is 7.60. The van der Waals surface area contributed by atoms with Crippen molar-refractivity contribution in [3.8, 4) is 5.75 Å². The number of rotatable bonds is 9. The van der Waals surface area contributed by atoms with Gasteiger partial charge in [0, 0.05) is 29.6 Å². The lowest BCUT2D eigenvalue weighted by molar-refractivity contribution is 0.195. The topological polar surface area (TPSA) is 74.4 Å². The number of carbonyl (C=O) groups excluding carboxylic acids is 1. The fourth-order valence-corrected chi connectivity index (χ4v) is 3.86. The van der Waals surface area contributed by atoms with Crippen LogP contribution in [0.5, 0.6) is 5.75 Å². The fourth-order valence-electron chi connectivity index (χ4n) is 3.86. The summed E-state index contributed by atoms with van der Waals surface area (Å²) in [4.78, 5) is 30.6. The number of amides is 2. The van der Waals surface area contributed by atoms with Crippen LogP contribution in [0.25, 0.3) is 10.9 Å². The SMILES string of the molecule is CCOc1ccc2[nH]c(=O)c(CN(CCc3ccccc3)C(=O)NCc3ccccc3)cc2c1. The molecule has 34 heavy (non-hydrogen) atoms. The second kappa shape index (κ2) is 11.2. The predicted octanol–water partition coefficient (Wildman–Crippen LogP) is 4.88. The van der Waals surface area contributed by atoms with Crippen LogP contribution >= 0.6 is 0 Å². The number of ether oxygens (including phenoxy) is 1. The number of pyridine rings is 1. The van der Waals surface area contributed by atoms with Crippen molar-refractivity contribution in [3.05, 3.63) is 112 Å². The molecule has 0 saturated heterocycles. The molecule has 6 heteroatoms. The van der Waals surface area contributed by atoms with E-state index >= 15 is 0 Å². The Balaban J connectivity index is 1.55. The quantitative estimate of drug-likeness (QED) is 0.378. The van der Waals surface area contributed by atoms with Crippen LogP contribution in [0.15, 0.2) is 89.7 Å². The van der Waals surface area contributed by atoms with Gasteiger partial charge >= 0.3 is 6.03 Å². The molecule has 174 valence electrons. The molecule has 0 bridgehead atoms. The van der Waals surface area contributed by atoms with Crippen molar-refractivity contribution in [3.63, 3.8) is 0 Å². The molecule has 4 rings (SSSR count). The third kappa shape index (κ3) is 6.04. The zero-order chi connectivity index (χ0) is 23.8. The van der Waals surface area contributed by atoms with Crippen molar-refractivity contribution in [1.29, 1.82) is 0 Å². The Morgan fingerprint density at radius 3 is 2.35 bits per heavy atom. The van der Waals surface area contributed by atoms with E-state index in [9.17, 15) is 9.59 Å². The van der Waals surface area contributed by atoms with Gasteiger partial charge < -0.3 is 19.9 Å². The number of carbonyl (C=O) groups is 1. The minimum absolute atomic E-state index is 0.197. The van der Waals surface area contributed by atoms with Gasteiger partial charge in [0.1, 0.15) is 5.75 Å². The lowest BCUT2D eigenvalue weighted by atomic mass is 10.1. The lowest BCUT2D eigenvalue weighted by Crippen LogP contribution is -2.41. The minimum Gasteiger partial charge on any atom is -0.494 e. The smallest absolute Gasteiger partial charge is 0.317 e. The molecule has 2 amide bonds. The number of urea groups is 1. The summed E-state index contributed by atoms with van der Waals surface area (Å²) in [5, 5.41) is 3.86. The molecule has 6 nitrogen and oxygen atoms in total. The highest BCUT2D eigenvalue weighted by Crippen LogP contribution is 2.20. The number of hydrogen-bond donors (Lipinski definition) is 2. The zero-order valence-electron chi connectivity index (χ0n) is 19.3. The van der Waals surface area contributed by atoms with Gasteiger partial charge in [-0.2, -0.15) is 0 Å². The summed E-state index contributed by atoms with van der Waals surface area (Å²) in [5.41, 5.74) is 3.23. The number of hydrogen-bond acceptors (Lipinski definition) is 3. The number of aromatic amines is 1. The van der Waals surface area contributed by atoms with E-state index < -0.39 is 0 Å². The highest BCUT2D eigenvalue weighted by Gasteiger charge is 2.16. The van der Waals surface area contributed by atoms with Crippen LogP contribution in [0.1, 0.15) is 23.6 Å². The normalized spacial score (nSPS) is 10.7. The molecule has 0 spiro atoms. The first-order valence-corrected chi connectivity index (χ1v) is 11.5. The van der Waals surface area contributed by atoms with Crippen LogP contribution < -0.4 is 15.6 Å². The van der Waals surface area contributed by atoms with Crippen LogP contribution in [0.3, 0.4) is 0 Å². The van der Waals surface area contributed by atoms with Gasteiger partial charge in [0.25, 0.3) is 5.56 Å². The fraction of sp³-hybridized carbons (Fsp3) is 0.214. The van der Waals surface area contributed by atoms with Crippen molar-refractivity contribution in [2.24, 2.45) is 0 Å². The third-order valence-electron chi connectivity index (χ3n) is 5.65. The Hall–Kier alpha value is -4.06. The van der Waals surface area contributed by atoms with E-state index in [1.807, 2.05) is 91.9 Å². The van der Waals surface area contributed by atoms with Crippen molar-refractivity contribution in [2.75, 3.05) is 13.2 Å². The summed E-state index contributed by atoms with van der Waals surface area (Å²) in [6.45, 7) is 3.61. The maximum Gasteiger partial charge on any atom is 0.317 e. The van der Waals surface area contributed by atoms with E-state index in [1.165, 1.54) is 0 Å². The number of aromatic nitrogens is 1. The van der Waals surface area contributed by atoms with E-state index in [2.05, 4.69) is 10.3 Å². The Bertz CT molecular complexity index is 1290. The molecule has 4 aromatic rings. The zero-order valence-corrected chi connectivity index (χ0v) is 19.3. The molecule has 0 aliphatic rings. The molecule has 1 aromatic heterocycles. The standard InChI is InChI=1S/C28H29N3O3/c1-2-34-25-13-14-26-23(18-25)17-24(27(32)30-26)20-31(16-15-21-9-5-3-6-10-21)28(33)29-19-22-11-7-4-8-12-22/h3-14,17-18H,2,15-16,19-20H2,1H3,(H,29,33)(H,30,32). The van der Waals surface area contributed by atoms with Crippen LogP contribution in [-0.4, -0.2) is 29.1 Å². The largest absolute Gasteiger partial charge is 0.494 e. The van der Waals surface area contributed by atoms with E-state index in [0.29, 0.717) is 31.7 Å². The number of benzene rings is 3. The number of H-pyrrole nitrogens is 1. The number of fused-ring (bicyclic) bond motifs is 1. The third-order valence-corrected chi connectivity index (χ3v) is 5.65. The first-order valence-electron chi connectivity index (χ1n) is 11.5. The van der Waals surface area contributed by atoms with Crippen LogP contribution in [0, 0.1) is 0 Å². The average Bonchev–Trinajstić information content (AvgIpc) is 2.87. The van der Waals surface area contributed by atoms with Gasteiger partial charge in [-0.1, -0.05) is 60.7 Å². The summed E-state index contributed by atoms with van der Waals surface area (Å²) in [7, 11) is 0. The second-order valence-corrected chi connectivity index (χ2v) is 8.11. The van der Waals surface area contributed by atoms with E-state index in [4.69, 9.17) is 4.74 Å². The van der Waals surface area contributed by atoms with E-state index in [1.54, 1.807) is 4.90 Å².